The Labute approximate surface area is 287 Å². The van der Waals surface area contributed by atoms with Crippen LogP contribution in [0.1, 0.15) is 11.1 Å². The van der Waals surface area contributed by atoms with Crippen molar-refractivity contribution in [3.63, 3.8) is 0 Å². The minimum Gasteiger partial charge on any atom is -0.507 e. The minimum absolute atomic E-state index is 0.197. The Morgan fingerprint density at radius 1 is 0.468 bits per heavy atom. The number of rotatable bonds is 6. The van der Waals surface area contributed by atoms with Gasteiger partial charge in [-0.1, -0.05) is 68.3 Å². The highest BCUT2D eigenvalue weighted by Gasteiger charge is 2.16. The van der Waals surface area contributed by atoms with Gasteiger partial charge >= 0.3 is 0 Å². The summed E-state index contributed by atoms with van der Waals surface area (Å²) in [5.74, 6) is 0.394. The first-order valence-electron chi connectivity index (χ1n) is 15.0. The number of H-pyrrole nitrogens is 2. The van der Waals surface area contributed by atoms with Gasteiger partial charge in [-0.15, -0.1) is 0 Å². The van der Waals surface area contributed by atoms with Crippen molar-refractivity contribution in [1.82, 2.24) is 20.4 Å². The molecule has 2 aromatic heterocycles. The summed E-state index contributed by atoms with van der Waals surface area (Å²) in [4.78, 5) is 0. The number of fused-ring (bicyclic) bond motifs is 2. The quantitative estimate of drug-likeness (QED) is 0.136. The molecule has 0 saturated heterocycles. The lowest BCUT2D eigenvalue weighted by Gasteiger charge is -2.14. The molecule has 0 fully saturated rings. The van der Waals surface area contributed by atoms with Gasteiger partial charge in [-0.05, 0) is 124 Å². The second kappa shape index (κ2) is 11.9. The fraction of sp³-hybridized carbons (Fsp3) is 0.0256. The van der Waals surface area contributed by atoms with E-state index in [2.05, 4.69) is 101 Å². The largest absolute Gasteiger partial charge is 0.507 e. The number of benzene rings is 6. The molecule has 228 valence electrons. The first-order chi connectivity index (χ1) is 22.9. The van der Waals surface area contributed by atoms with Gasteiger partial charge in [-0.3, -0.25) is 10.2 Å². The third kappa shape index (κ3) is 5.60. The van der Waals surface area contributed by atoms with E-state index >= 15 is 0 Å². The maximum absolute atomic E-state index is 11.1. The third-order valence-electron chi connectivity index (χ3n) is 8.58. The molecule has 4 N–H and O–H groups in total. The molecule has 0 atom stereocenters. The van der Waals surface area contributed by atoms with E-state index in [0.717, 1.165) is 86.4 Å². The molecule has 6 nitrogen and oxygen atoms in total. The van der Waals surface area contributed by atoms with Crippen molar-refractivity contribution in [2.24, 2.45) is 0 Å². The summed E-state index contributed by atoms with van der Waals surface area (Å²) in [5, 5.41) is 38.9. The van der Waals surface area contributed by atoms with E-state index < -0.39 is 0 Å². The molecule has 0 unspecified atom stereocenters. The number of aromatic amines is 2. The third-order valence-corrected chi connectivity index (χ3v) is 9.64. The lowest BCUT2D eigenvalue weighted by atomic mass is 9.91. The highest BCUT2D eigenvalue weighted by Crippen LogP contribution is 2.41. The number of phenols is 2. The molecule has 0 aliphatic carbocycles. The van der Waals surface area contributed by atoms with Crippen LogP contribution in [0.15, 0.2) is 131 Å². The monoisotopic (exact) mass is 740 g/mol. The molecular formula is C39H26Br2N4O2. The molecule has 0 saturated carbocycles. The Morgan fingerprint density at radius 3 is 1.32 bits per heavy atom. The Morgan fingerprint density at radius 2 is 0.894 bits per heavy atom. The van der Waals surface area contributed by atoms with Crippen molar-refractivity contribution in [2.45, 2.75) is 6.42 Å². The summed E-state index contributed by atoms with van der Waals surface area (Å²) in [5.41, 5.74) is 11.3. The maximum Gasteiger partial charge on any atom is 0.123 e. The van der Waals surface area contributed by atoms with E-state index in [1.807, 2.05) is 48.5 Å². The molecule has 8 rings (SSSR count). The van der Waals surface area contributed by atoms with Gasteiger partial charge in [0.05, 0.1) is 23.4 Å². The molecule has 6 aromatic carbocycles. The van der Waals surface area contributed by atoms with E-state index in [1.54, 1.807) is 24.5 Å². The van der Waals surface area contributed by atoms with Gasteiger partial charge in [-0.2, -0.15) is 10.2 Å². The fourth-order valence-electron chi connectivity index (χ4n) is 6.22. The van der Waals surface area contributed by atoms with Crippen molar-refractivity contribution in [3.8, 4) is 56.0 Å². The first-order valence-corrected chi connectivity index (χ1v) is 16.6. The summed E-state index contributed by atoms with van der Waals surface area (Å²) in [6.07, 6.45) is 4.20. The van der Waals surface area contributed by atoms with Crippen LogP contribution in [0.5, 0.6) is 11.5 Å². The van der Waals surface area contributed by atoms with Gasteiger partial charge in [0.25, 0.3) is 0 Å². The fourth-order valence-corrected chi connectivity index (χ4v) is 6.75. The molecular weight excluding hydrogens is 716 g/mol. The molecule has 0 spiro atoms. The molecule has 8 heteroatoms. The van der Waals surface area contributed by atoms with E-state index in [4.69, 9.17) is 0 Å². The van der Waals surface area contributed by atoms with Crippen molar-refractivity contribution in [2.75, 3.05) is 0 Å². The van der Waals surface area contributed by atoms with Crippen LogP contribution in [-0.2, 0) is 6.42 Å². The van der Waals surface area contributed by atoms with Crippen LogP contribution in [0.4, 0.5) is 0 Å². The van der Waals surface area contributed by atoms with E-state index in [1.165, 1.54) is 0 Å². The standard InChI is InChI=1S/C39H26Br2N4O2/c40-28-7-3-24(4-8-28)26-16-30(34-20-42-44-36(34)18-26)32-14-22(1-11-38(32)46)13-23-2-12-39(47)33(15-23)31-17-27(19-37-35(31)21-43-45-37)25-5-9-29(41)10-6-25/h1-12,14-21,46-47H,13H2,(H,42,44)(H,43,45). The Bertz CT molecular complexity index is 2260. The number of nitrogens with one attached hydrogen (secondary N) is 2. The number of hydrogen-bond acceptors (Lipinski definition) is 4. The predicted octanol–water partition coefficient (Wildman–Crippen LogP) is 10.6. The Balaban J connectivity index is 1.18. The summed E-state index contributed by atoms with van der Waals surface area (Å²) in [6, 6.07) is 36.2. The zero-order valence-electron chi connectivity index (χ0n) is 24.8. The minimum atomic E-state index is 0.197. The second-order valence-electron chi connectivity index (χ2n) is 11.6. The predicted molar refractivity (Wildman–Crippen MR) is 195 cm³/mol. The highest BCUT2D eigenvalue weighted by molar-refractivity contribution is 9.10. The van der Waals surface area contributed by atoms with E-state index in [9.17, 15) is 10.2 Å². The van der Waals surface area contributed by atoms with Crippen LogP contribution in [0, 0.1) is 0 Å². The van der Waals surface area contributed by atoms with Crippen molar-refractivity contribution in [1.29, 1.82) is 0 Å². The van der Waals surface area contributed by atoms with Crippen LogP contribution < -0.4 is 0 Å². The molecule has 0 radical (unpaired) electrons. The molecule has 0 aliphatic rings. The van der Waals surface area contributed by atoms with Crippen LogP contribution in [-0.4, -0.2) is 30.6 Å². The van der Waals surface area contributed by atoms with Crippen LogP contribution in [0.2, 0.25) is 0 Å². The normalized spacial score (nSPS) is 11.4. The summed E-state index contributed by atoms with van der Waals surface area (Å²) < 4.78 is 2.02. The average Bonchev–Trinajstić information content (AvgIpc) is 3.76. The number of nitrogens with zero attached hydrogens (tertiary/aromatic N) is 2. The number of aromatic nitrogens is 4. The molecule has 0 bridgehead atoms. The van der Waals surface area contributed by atoms with Crippen molar-refractivity contribution >= 4 is 53.7 Å². The topological polar surface area (TPSA) is 97.8 Å². The SMILES string of the molecule is Oc1ccc(Cc2ccc(O)c(-c3cc(-c4ccc(Br)cc4)cc4[nH]ncc34)c2)cc1-c1cc(-c2ccc(Br)cc2)cc2[nH]ncc12. The second-order valence-corrected chi connectivity index (χ2v) is 13.4. The molecule has 47 heavy (non-hydrogen) atoms. The molecule has 8 aromatic rings. The summed E-state index contributed by atoms with van der Waals surface area (Å²) in [6.45, 7) is 0. The lowest BCUT2D eigenvalue weighted by Crippen LogP contribution is -1.92. The zero-order valence-corrected chi connectivity index (χ0v) is 28.0. The van der Waals surface area contributed by atoms with Gasteiger partial charge in [0.15, 0.2) is 0 Å². The number of phenolic OH excluding ortho intramolecular Hbond substituents is 2. The number of hydrogen-bond donors (Lipinski definition) is 4. The summed E-state index contributed by atoms with van der Waals surface area (Å²) >= 11 is 7.05. The number of halogens is 2. The average molecular weight is 742 g/mol. The molecule has 2 heterocycles. The van der Waals surface area contributed by atoms with Gasteiger partial charge in [-0.25, -0.2) is 0 Å². The number of aromatic hydroxyl groups is 2. The summed E-state index contributed by atoms with van der Waals surface area (Å²) in [7, 11) is 0. The highest BCUT2D eigenvalue weighted by atomic mass is 79.9. The van der Waals surface area contributed by atoms with Gasteiger partial charge in [0.1, 0.15) is 11.5 Å². The van der Waals surface area contributed by atoms with Crippen LogP contribution >= 0.6 is 31.9 Å². The van der Waals surface area contributed by atoms with Crippen LogP contribution in [0.25, 0.3) is 66.3 Å². The Kier molecular flexibility index (Phi) is 7.39. The maximum atomic E-state index is 11.1. The smallest absolute Gasteiger partial charge is 0.123 e. The van der Waals surface area contributed by atoms with Crippen molar-refractivity contribution < 1.29 is 10.2 Å². The van der Waals surface area contributed by atoms with Crippen molar-refractivity contribution in [3.05, 3.63) is 142 Å². The lowest BCUT2D eigenvalue weighted by molar-refractivity contribution is 0.477. The zero-order chi connectivity index (χ0) is 32.1. The van der Waals surface area contributed by atoms with Gasteiger partial charge in [0, 0.05) is 30.8 Å². The van der Waals surface area contributed by atoms with Crippen LogP contribution in [0.3, 0.4) is 0 Å². The first kappa shape index (κ1) is 29.2. The van der Waals surface area contributed by atoms with E-state index in [-0.39, 0.29) is 11.5 Å². The molecule has 0 amide bonds. The van der Waals surface area contributed by atoms with E-state index in [0.29, 0.717) is 6.42 Å². The van der Waals surface area contributed by atoms with Gasteiger partial charge in [0.2, 0.25) is 0 Å². The molecule has 0 aliphatic heterocycles. The van der Waals surface area contributed by atoms with Gasteiger partial charge < -0.3 is 10.2 Å². The Hall–Kier alpha value is -5.18.